The maximum absolute atomic E-state index is 13.0. The summed E-state index contributed by atoms with van der Waals surface area (Å²) in [5.74, 6) is 0.810. The molecule has 1 atom stereocenters. The minimum absolute atomic E-state index is 0.0294. The van der Waals surface area contributed by atoms with Crippen molar-refractivity contribution in [3.05, 3.63) is 29.3 Å². The molecule has 2 heterocycles. The summed E-state index contributed by atoms with van der Waals surface area (Å²) in [7, 11) is 1.66. The van der Waals surface area contributed by atoms with Crippen molar-refractivity contribution in [1.82, 2.24) is 10.2 Å². The van der Waals surface area contributed by atoms with Crippen LogP contribution in [0.1, 0.15) is 48.5 Å². The first-order chi connectivity index (χ1) is 13.4. The molecule has 154 valence electrons. The summed E-state index contributed by atoms with van der Waals surface area (Å²) in [5.41, 5.74) is 1.96. The quantitative estimate of drug-likeness (QED) is 0.787. The highest BCUT2D eigenvalue weighted by Crippen LogP contribution is 2.32. The van der Waals surface area contributed by atoms with Crippen LogP contribution in [0.15, 0.2) is 18.2 Å². The lowest BCUT2D eigenvalue weighted by atomic mass is 9.82. The van der Waals surface area contributed by atoms with E-state index in [2.05, 4.69) is 17.6 Å². The summed E-state index contributed by atoms with van der Waals surface area (Å²) in [5, 5.41) is 6.39. The fourth-order valence-electron chi connectivity index (χ4n) is 4.15. The number of carbonyl (C=O) groups is 2. The Morgan fingerprint density at radius 3 is 2.68 bits per heavy atom. The Hall–Kier alpha value is -1.92. The highest BCUT2D eigenvalue weighted by atomic mass is 16.5. The van der Waals surface area contributed by atoms with Crippen molar-refractivity contribution in [2.45, 2.75) is 39.5 Å². The van der Waals surface area contributed by atoms with Gasteiger partial charge in [-0.25, -0.2) is 0 Å². The van der Waals surface area contributed by atoms with E-state index in [1.807, 2.05) is 30.0 Å². The smallest absolute Gasteiger partial charge is 0.253 e. The Morgan fingerprint density at radius 1 is 1.32 bits per heavy atom. The monoisotopic (exact) mass is 387 g/mol. The van der Waals surface area contributed by atoms with Crippen molar-refractivity contribution in [1.29, 1.82) is 0 Å². The fourth-order valence-corrected chi connectivity index (χ4v) is 4.15. The largest absolute Gasteiger partial charge is 0.385 e. The van der Waals surface area contributed by atoms with E-state index in [1.165, 1.54) is 0 Å². The number of piperidine rings is 1. The van der Waals surface area contributed by atoms with Gasteiger partial charge in [-0.15, -0.1) is 0 Å². The van der Waals surface area contributed by atoms with E-state index in [4.69, 9.17) is 4.74 Å². The second-order valence-corrected chi connectivity index (χ2v) is 8.41. The van der Waals surface area contributed by atoms with Gasteiger partial charge in [0, 0.05) is 44.6 Å². The molecule has 2 fully saturated rings. The molecule has 1 aromatic rings. The summed E-state index contributed by atoms with van der Waals surface area (Å²) in [6.07, 6.45) is 3.64. The number of nitrogens with one attached hydrogen (secondary N) is 2. The first kappa shape index (κ1) is 20.8. The van der Waals surface area contributed by atoms with Crippen LogP contribution in [-0.4, -0.2) is 56.6 Å². The minimum atomic E-state index is -0.429. The van der Waals surface area contributed by atoms with Gasteiger partial charge in [-0.05, 0) is 68.8 Å². The lowest BCUT2D eigenvalue weighted by Crippen LogP contribution is -2.39. The van der Waals surface area contributed by atoms with Crippen LogP contribution in [-0.2, 0) is 9.53 Å². The lowest BCUT2D eigenvalue weighted by molar-refractivity contribution is -0.125. The molecule has 2 aliphatic rings. The Balaban J connectivity index is 1.68. The third-order valence-electron chi connectivity index (χ3n) is 6.30. The number of hydrogen-bond donors (Lipinski definition) is 2. The minimum Gasteiger partial charge on any atom is -0.385 e. The zero-order chi connectivity index (χ0) is 20.1. The Kier molecular flexibility index (Phi) is 6.73. The van der Waals surface area contributed by atoms with Gasteiger partial charge in [0.15, 0.2) is 0 Å². The molecule has 1 unspecified atom stereocenters. The van der Waals surface area contributed by atoms with E-state index < -0.39 is 5.41 Å². The van der Waals surface area contributed by atoms with Gasteiger partial charge in [0.1, 0.15) is 0 Å². The third kappa shape index (κ3) is 4.55. The average molecular weight is 388 g/mol. The van der Waals surface area contributed by atoms with Gasteiger partial charge in [0.25, 0.3) is 5.91 Å². The lowest BCUT2D eigenvalue weighted by Gasteiger charge is -2.30. The van der Waals surface area contributed by atoms with Gasteiger partial charge in [-0.1, -0.05) is 6.92 Å². The fraction of sp³-hybridized carbons (Fsp3) is 0.636. The van der Waals surface area contributed by atoms with Gasteiger partial charge in [0.05, 0.1) is 5.41 Å². The third-order valence-corrected chi connectivity index (χ3v) is 6.30. The molecule has 3 rings (SSSR count). The van der Waals surface area contributed by atoms with Crippen LogP contribution in [0.2, 0.25) is 0 Å². The standard InChI is InChI=1S/C22H33N3O3/c1-16-6-11-25(12-7-16)20(26)18-4-5-19(17(2)14-18)24-21(27)22(9-13-28-3)8-10-23-15-22/h4-5,14,16,23H,6-13,15H2,1-3H3,(H,24,27). The molecule has 2 saturated heterocycles. The Labute approximate surface area is 168 Å². The topological polar surface area (TPSA) is 70.7 Å². The van der Waals surface area contributed by atoms with Gasteiger partial charge in [0.2, 0.25) is 5.91 Å². The van der Waals surface area contributed by atoms with Gasteiger partial charge in [-0.2, -0.15) is 0 Å². The predicted octanol–water partition coefficient (Wildman–Crippen LogP) is 2.82. The summed E-state index contributed by atoms with van der Waals surface area (Å²) in [6, 6.07) is 5.59. The normalized spacial score (nSPS) is 23.0. The van der Waals surface area contributed by atoms with E-state index in [-0.39, 0.29) is 11.8 Å². The van der Waals surface area contributed by atoms with Crippen LogP contribution in [0.5, 0.6) is 0 Å². The van der Waals surface area contributed by atoms with Crippen molar-refractivity contribution < 1.29 is 14.3 Å². The van der Waals surface area contributed by atoms with Crippen LogP contribution in [0.4, 0.5) is 5.69 Å². The van der Waals surface area contributed by atoms with Crippen molar-refractivity contribution in [2.24, 2.45) is 11.3 Å². The van der Waals surface area contributed by atoms with E-state index in [9.17, 15) is 9.59 Å². The number of hydrogen-bond acceptors (Lipinski definition) is 4. The number of methoxy groups -OCH3 is 1. The number of anilines is 1. The molecule has 0 bridgehead atoms. The summed E-state index contributed by atoms with van der Waals surface area (Å²) in [6.45, 7) is 7.92. The zero-order valence-corrected chi connectivity index (χ0v) is 17.3. The van der Waals surface area contributed by atoms with Crippen LogP contribution >= 0.6 is 0 Å². The molecular formula is C22H33N3O3. The molecule has 0 spiro atoms. The SMILES string of the molecule is COCCC1(C(=O)Nc2ccc(C(=O)N3CCC(C)CC3)cc2C)CCNC1. The molecular weight excluding hydrogens is 354 g/mol. The molecule has 0 aliphatic carbocycles. The summed E-state index contributed by atoms with van der Waals surface area (Å²) >= 11 is 0. The zero-order valence-electron chi connectivity index (χ0n) is 17.3. The highest BCUT2D eigenvalue weighted by molar-refractivity contribution is 5.98. The predicted molar refractivity (Wildman–Crippen MR) is 111 cm³/mol. The number of amides is 2. The second kappa shape index (κ2) is 9.05. The molecule has 2 aliphatic heterocycles. The van der Waals surface area contributed by atoms with E-state index in [0.717, 1.165) is 50.1 Å². The molecule has 6 heteroatoms. The average Bonchev–Trinajstić information content (AvgIpc) is 3.18. The van der Waals surface area contributed by atoms with Crippen LogP contribution in [0.25, 0.3) is 0 Å². The molecule has 1 aromatic carbocycles. The van der Waals surface area contributed by atoms with E-state index in [1.54, 1.807) is 7.11 Å². The number of aryl methyl sites for hydroxylation is 1. The number of nitrogens with zero attached hydrogens (tertiary/aromatic N) is 1. The molecule has 0 saturated carbocycles. The number of ether oxygens (including phenoxy) is 1. The van der Waals surface area contributed by atoms with Crippen molar-refractivity contribution >= 4 is 17.5 Å². The van der Waals surface area contributed by atoms with Crippen molar-refractivity contribution in [3.8, 4) is 0 Å². The molecule has 28 heavy (non-hydrogen) atoms. The van der Waals surface area contributed by atoms with Crippen LogP contribution < -0.4 is 10.6 Å². The van der Waals surface area contributed by atoms with Crippen LogP contribution in [0.3, 0.4) is 0 Å². The Morgan fingerprint density at radius 2 is 2.07 bits per heavy atom. The van der Waals surface area contributed by atoms with Crippen molar-refractivity contribution in [3.63, 3.8) is 0 Å². The highest BCUT2D eigenvalue weighted by Gasteiger charge is 2.41. The first-order valence-corrected chi connectivity index (χ1v) is 10.4. The molecule has 2 N–H and O–H groups in total. The molecule has 6 nitrogen and oxygen atoms in total. The van der Waals surface area contributed by atoms with Crippen molar-refractivity contribution in [2.75, 3.05) is 45.2 Å². The maximum atomic E-state index is 13.0. The maximum Gasteiger partial charge on any atom is 0.253 e. The van der Waals surface area contributed by atoms with Gasteiger partial charge < -0.3 is 20.3 Å². The molecule has 0 radical (unpaired) electrons. The molecule has 2 amide bonds. The van der Waals surface area contributed by atoms with Gasteiger partial charge >= 0.3 is 0 Å². The second-order valence-electron chi connectivity index (χ2n) is 8.41. The molecule has 0 aromatic heterocycles. The van der Waals surface area contributed by atoms with Crippen LogP contribution in [0, 0.1) is 18.3 Å². The van der Waals surface area contributed by atoms with E-state index in [0.29, 0.717) is 31.1 Å². The number of likely N-dealkylation sites (tertiary alicyclic amines) is 1. The van der Waals surface area contributed by atoms with Gasteiger partial charge in [-0.3, -0.25) is 9.59 Å². The van der Waals surface area contributed by atoms with E-state index >= 15 is 0 Å². The number of rotatable bonds is 6. The Bertz CT molecular complexity index is 705. The number of benzene rings is 1. The summed E-state index contributed by atoms with van der Waals surface area (Å²) < 4.78 is 5.21. The summed E-state index contributed by atoms with van der Waals surface area (Å²) in [4.78, 5) is 27.7. The first-order valence-electron chi connectivity index (χ1n) is 10.4. The number of carbonyl (C=O) groups excluding carboxylic acids is 2.